The molecule has 0 amide bonds. The van der Waals surface area contributed by atoms with E-state index in [9.17, 15) is 8.42 Å². The summed E-state index contributed by atoms with van der Waals surface area (Å²) in [5.41, 5.74) is 0.975. The lowest BCUT2D eigenvalue weighted by Gasteiger charge is -2.25. The Morgan fingerprint density at radius 1 is 1.07 bits per heavy atom. The number of aromatic nitrogens is 1. The van der Waals surface area contributed by atoms with Crippen LogP contribution >= 0.6 is 0 Å². The monoisotopic (exact) mass is 406 g/mol. The molecule has 0 unspecified atom stereocenters. The van der Waals surface area contributed by atoms with Crippen LogP contribution in [0.5, 0.6) is 11.5 Å². The van der Waals surface area contributed by atoms with Crippen molar-refractivity contribution in [3.05, 3.63) is 42.1 Å². The van der Waals surface area contributed by atoms with Gasteiger partial charge in [0.2, 0.25) is 10.0 Å². The number of para-hydroxylation sites is 1. The zero-order valence-electron chi connectivity index (χ0n) is 16.6. The van der Waals surface area contributed by atoms with Crippen molar-refractivity contribution in [1.29, 1.82) is 0 Å². The first kappa shape index (κ1) is 20.4. The molecule has 0 atom stereocenters. The zero-order valence-corrected chi connectivity index (χ0v) is 17.5. The minimum Gasteiger partial charge on any atom is -0.493 e. The fraction of sp³-hybridized carbons (Fsp3) is 0.450. The molecule has 152 valence electrons. The lowest BCUT2D eigenvalue weighted by atomic mass is 10.1. The first-order valence-electron chi connectivity index (χ1n) is 9.40. The number of hydrogen-bond donors (Lipinski definition) is 0. The van der Waals surface area contributed by atoms with Crippen molar-refractivity contribution >= 4 is 15.8 Å². The van der Waals surface area contributed by atoms with Gasteiger partial charge in [0.1, 0.15) is 17.6 Å². The molecule has 8 heteroatoms. The second kappa shape index (κ2) is 8.79. The predicted octanol–water partition coefficient (Wildman–Crippen LogP) is 2.33. The van der Waals surface area contributed by atoms with Crippen LogP contribution in [0.15, 0.2) is 41.4 Å². The van der Waals surface area contributed by atoms with E-state index in [1.54, 1.807) is 36.9 Å². The number of nitrogens with zero attached hydrogens (tertiary/aromatic N) is 2. The van der Waals surface area contributed by atoms with Gasteiger partial charge in [-0.3, -0.25) is 4.90 Å². The van der Waals surface area contributed by atoms with E-state index in [0.29, 0.717) is 36.0 Å². The van der Waals surface area contributed by atoms with Gasteiger partial charge in [0.05, 0.1) is 21.3 Å². The van der Waals surface area contributed by atoms with Crippen molar-refractivity contribution in [3.63, 3.8) is 0 Å². The van der Waals surface area contributed by atoms with Gasteiger partial charge in [-0.2, -0.15) is 4.31 Å². The quantitative estimate of drug-likeness (QED) is 0.706. The number of methoxy groups -OCH3 is 2. The van der Waals surface area contributed by atoms with E-state index in [2.05, 4.69) is 4.98 Å². The largest absolute Gasteiger partial charge is 0.493 e. The first-order valence-corrected chi connectivity index (χ1v) is 10.8. The van der Waals surface area contributed by atoms with Crippen LogP contribution in [0, 0.1) is 0 Å². The molecule has 0 aliphatic carbocycles. The Hall–Kier alpha value is -2.32. The van der Waals surface area contributed by atoms with Crippen molar-refractivity contribution in [2.24, 2.45) is 0 Å². The molecule has 1 aliphatic rings. The van der Waals surface area contributed by atoms with Crippen molar-refractivity contribution in [2.45, 2.75) is 30.7 Å². The number of H-pyrrole nitrogens is 1. The Labute approximate surface area is 166 Å². The molecular formula is C20H28N3O4S+. The number of ether oxygens (including phenoxy) is 2. The smallest absolute Gasteiger partial charge is 0.274 e. The van der Waals surface area contributed by atoms with Gasteiger partial charge in [0.25, 0.3) is 5.82 Å². The maximum absolute atomic E-state index is 12.8. The molecule has 1 aromatic heterocycles. The number of pyridine rings is 1. The van der Waals surface area contributed by atoms with E-state index in [4.69, 9.17) is 9.47 Å². The third kappa shape index (κ3) is 4.23. The third-order valence-corrected chi connectivity index (χ3v) is 6.92. The molecule has 7 nitrogen and oxygen atoms in total. The minimum absolute atomic E-state index is 0.297. The van der Waals surface area contributed by atoms with Crippen LogP contribution < -0.4 is 19.4 Å². The van der Waals surface area contributed by atoms with Gasteiger partial charge in [0, 0.05) is 24.7 Å². The Bertz CT molecular complexity index is 894. The maximum Gasteiger partial charge on any atom is 0.274 e. The van der Waals surface area contributed by atoms with Crippen LogP contribution in [0.1, 0.15) is 24.8 Å². The molecule has 2 aromatic rings. The van der Waals surface area contributed by atoms with Crippen LogP contribution in [0.4, 0.5) is 5.82 Å². The average Bonchev–Trinajstić information content (AvgIpc) is 2.74. The number of anilines is 1. The van der Waals surface area contributed by atoms with Crippen molar-refractivity contribution in [1.82, 2.24) is 4.31 Å². The maximum atomic E-state index is 12.8. The van der Waals surface area contributed by atoms with Crippen LogP contribution in [0.25, 0.3) is 0 Å². The number of sulfonamides is 1. The number of nitrogens with one attached hydrogen (secondary N) is 1. The van der Waals surface area contributed by atoms with E-state index in [-0.39, 0.29) is 0 Å². The molecule has 1 N–H and O–H groups in total. The summed E-state index contributed by atoms with van der Waals surface area (Å²) >= 11 is 0. The summed E-state index contributed by atoms with van der Waals surface area (Å²) in [6.45, 7) is 1.77. The second-order valence-corrected chi connectivity index (χ2v) is 8.82. The number of aromatic amines is 1. The standard InChI is InChI=1S/C20H27N3O4S/c1-22(15-16-8-7-9-18(26-2)20(16)27-3)19-11-10-17(14-21-19)28(24,25)23-12-5-4-6-13-23/h7-11,14H,4-6,12-13,15H2,1-3H3/p+1. The summed E-state index contributed by atoms with van der Waals surface area (Å²) < 4.78 is 38.0. The highest BCUT2D eigenvalue weighted by atomic mass is 32.2. The lowest BCUT2D eigenvalue weighted by Crippen LogP contribution is -2.36. The first-order chi connectivity index (χ1) is 13.5. The zero-order chi connectivity index (χ0) is 20.1. The average molecular weight is 407 g/mol. The molecule has 0 bridgehead atoms. The topological polar surface area (TPSA) is 73.2 Å². The van der Waals surface area contributed by atoms with E-state index in [1.807, 2.05) is 30.1 Å². The van der Waals surface area contributed by atoms with Gasteiger partial charge in [-0.1, -0.05) is 18.6 Å². The second-order valence-electron chi connectivity index (χ2n) is 6.88. The van der Waals surface area contributed by atoms with Crippen molar-refractivity contribution in [3.8, 4) is 11.5 Å². The lowest BCUT2D eigenvalue weighted by molar-refractivity contribution is -0.367. The molecule has 3 rings (SSSR count). The Morgan fingerprint density at radius 2 is 1.82 bits per heavy atom. The number of benzene rings is 1. The van der Waals surface area contributed by atoms with Crippen LogP contribution in [-0.2, 0) is 16.6 Å². The highest BCUT2D eigenvalue weighted by Gasteiger charge is 2.27. The molecule has 0 radical (unpaired) electrons. The fourth-order valence-corrected chi connectivity index (χ4v) is 4.96. The summed E-state index contributed by atoms with van der Waals surface area (Å²) in [6.07, 6.45) is 4.51. The molecule has 1 aromatic carbocycles. The summed E-state index contributed by atoms with van der Waals surface area (Å²) in [5, 5.41) is 0. The molecule has 0 saturated carbocycles. The van der Waals surface area contributed by atoms with Crippen LogP contribution in [-0.4, -0.2) is 47.1 Å². The van der Waals surface area contributed by atoms with E-state index in [1.165, 1.54) is 0 Å². The normalized spacial score (nSPS) is 15.2. The van der Waals surface area contributed by atoms with Gasteiger partial charge in [-0.25, -0.2) is 13.4 Å². The Kier molecular flexibility index (Phi) is 6.41. The van der Waals surface area contributed by atoms with E-state index >= 15 is 0 Å². The van der Waals surface area contributed by atoms with Crippen molar-refractivity contribution in [2.75, 3.05) is 39.3 Å². The highest BCUT2D eigenvalue weighted by molar-refractivity contribution is 7.89. The van der Waals surface area contributed by atoms with E-state index in [0.717, 1.165) is 30.6 Å². The summed E-state index contributed by atoms with van der Waals surface area (Å²) in [6, 6.07) is 9.21. The predicted molar refractivity (Wildman–Crippen MR) is 107 cm³/mol. The summed E-state index contributed by atoms with van der Waals surface area (Å²) in [5.74, 6) is 2.18. The highest BCUT2D eigenvalue weighted by Crippen LogP contribution is 2.31. The molecule has 0 spiro atoms. The molecule has 1 aliphatic heterocycles. The number of rotatable bonds is 7. The van der Waals surface area contributed by atoms with Gasteiger partial charge in [-0.15, -0.1) is 0 Å². The molecular weight excluding hydrogens is 378 g/mol. The van der Waals surface area contributed by atoms with Crippen molar-refractivity contribution < 1.29 is 22.9 Å². The Morgan fingerprint density at radius 3 is 2.43 bits per heavy atom. The Balaban J connectivity index is 1.76. The summed E-state index contributed by atoms with van der Waals surface area (Å²) in [7, 11) is 1.73. The van der Waals surface area contributed by atoms with Gasteiger partial charge >= 0.3 is 0 Å². The van der Waals surface area contributed by atoms with Gasteiger partial charge < -0.3 is 9.47 Å². The number of hydrogen-bond acceptors (Lipinski definition) is 5. The van der Waals surface area contributed by atoms with E-state index < -0.39 is 10.0 Å². The molecule has 2 heterocycles. The molecule has 1 fully saturated rings. The number of piperidine rings is 1. The van der Waals surface area contributed by atoms with Crippen LogP contribution in [0.3, 0.4) is 0 Å². The summed E-state index contributed by atoms with van der Waals surface area (Å²) in [4.78, 5) is 5.41. The van der Waals surface area contributed by atoms with Gasteiger partial charge in [-0.05, 0) is 25.0 Å². The SMILES string of the molecule is COc1cccc(CN(C)c2ccc(S(=O)(=O)N3CCCCC3)c[nH+]2)c1OC. The minimum atomic E-state index is -3.44. The van der Waals surface area contributed by atoms with Gasteiger partial charge in [0.15, 0.2) is 11.5 Å². The molecule has 1 saturated heterocycles. The molecule has 28 heavy (non-hydrogen) atoms. The fourth-order valence-electron chi connectivity index (χ4n) is 3.47. The van der Waals surface area contributed by atoms with Crippen LogP contribution in [0.2, 0.25) is 0 Å². The third-order valence-electron chi connectivity index (χ3n) is 5.02.